The predicted octanol–water partition coefficient (Wildman–Crippen LogP) is 1.81. The van der Waals surface area contributed by atoms with Crippen LogP contribution in [0.5, 0.6) is 0 Å². The van der Waals surface area contributed by atoms with Gasteiger partial charge in [-0.3, -0.25) is 9.59 Å². The van der Waals surface area contributed by atoms with Crippen LogP contribution in [0.1, 0.15) is 30.2 Å². The molecule has 2 aromatic heterocycles. The second-order valence-electron chi connectivity index (χ2n) is 7.72. The Bertz CT molecular complexity index is 1050. The molecule has 186 valence electrons. The molecule has 9 nitrogen and oxygen atoms in total. The highest BCUT2D eigenvalue weighted by molar-refractivity contribution is 5.77. The van der Waals surface area contributed by atoms with Crippen molar-refractivity contribution in [3.63, 3.8) is 0 Å². The lowest BCUT2D eigenvalue weighted by Gasteiger charge is -2.35. The van der Waals surface area contributed by atoms with E-state index in [2.05, 4.69) is 20.4 Å². The molecule has 2 aromatic rings. The minimum absolute atomic E-state index is 0.0311. The van der Waals surface area contributed by atoms with Gasteiger partial charge in [-0.15, -0.1) is 0 Å². The van der Waals surface area contributed by atoms with Crippen molar-refractivity contribution in [2.45, 2.75) is 38.3 Å². The van der Waals surface area contributed by atoms with E-state index in [1.165, 1.54) is 0 Å². The van der Waals surface area contributed by atoms with E-state index >= 15 is 0 Å². The Hall–Kier alpha value is -3.23. The molecule has 0 aliphatic carbocycles. The number of nitrogens with one attached hydrogen (secondary N) is 2. The topological polar surface area (TPSA) is 107 Å². The van der Waals surface area contributed by atoms with Crippen LogP contribution in [-0.4, -0.2) is 63.2 Å². The van der Waals surface area contributed by atoms with Gasteiger partial charge in [-0.05, 0) is 13.0 Å². The van der Waals surface area contributed by atoms with Crippen molar-refractivity contribution in [2.24, 2.45) is 0 Å². The lowest BCUT2D eigenvalue weighted by molar-refractivity contribution is -0.139. The van der Waals surface area contributed by atoms with Gasteiger partial charge in [0.1, 0.15) is 5.56 Å². The van der Waals surface area contributed by atoms with Crippen LogP contribution in [0.15, 0.2) is 23.3 Å². The van der Waals surface area contributed by atoms with Crippen molar-refractivity contribution >= 4 is 11.9 Å². The summed E-state index contributed by atoms with van der Waals surface area (Å²) in [4.78, 5) is 34.6. The fourth-order valence-electron chi connectivity index (χ4n) is 3.28. The highest BCUT2D eigenvalue weighted by atomic mass is 19.4. The fraction of sp³-hybridized carbons (Fsp3) is 0.526. The number of hydrogen-bond acceptors (Lipinski definition) is 7. The molecule has 0 bridgehead atoms. The first-order chi connectivity index (χ1) is 15.8. The first-order valence-electron chi connectivity index (χ1n) is 10.2. The van der Waals surface area contributed by atoms with Gasteiger partial charge in [0.15, 0.2) is 0 Å². The molecule has 2 N–H and O–H groups in total. The number of aromatic amines is 1. The Morgan fingerprint density at radius 2 is 1.71 bits per heavy atom. The average molecular weight is 493 g/mol. The standard InChI is InChI=1S/C19H21F6N7O2/c1-11(26-10-13-7-14(19(23,24)25)16(34)30-29-13)6-15(33)31-2-4-32(5-3-31)17-27-8-12(9-28-17)18(20,21)22/h7-9,11,26H,2-6,10H2,1H3,(H,30,34). The Balaban J connectivity index is 1.47. The van der Waals surface area contributed by atoms with E-state index in [0.717, 1.165) is 0 Å². The van der Waals surface area contributed by atoms with Crippen LogP contribution < -0.4 is 15.8 Å². The number of carbonyl (C=O) groups is 1. The lowest BCUT2D eigenvalue weighted by atomic mass is 10.2. The van der Waals surface area contributed by atoms with Gasteiger partial charge in [-0.2, -0.15) is 31.4 Å². The summed E-state index contributed by atoms with van der Waals surface area (Å²) in [6.45, 7) is 2.88. The van der Waals surface area contributed by atoms with Crippen molar-refractivity contribution in [3.05, 3.63) is 45.6 Å². The van der Waals surface area contributed by atoms with Crippen LogP contribution in [0.25, 0.3) is 0 Å². The molecule has 3 rings (SSSR count). The molecule has 1 amide bonds. The third-order valence-electron chi connectivity index (χ3n) is 5.16. The Kier molecular flexibility index (Phi) is 7.43. The quantitative estimate of drug-likeness (QED) is 0.592. The van der Waals surface area contributed by atoms with Gasteiger partial charge in [0.05, 0.1) is 11.3 Å². The third-order valence-corrected chi connectivity index (χ3v) is 5.16. The minimum atomic E-state index is -4.81. The van der Waals surface area contributed by atoms with Crippen LogP contribution in [0.3, 0.4) is 0 Å². The molecular weight excluding hydrogens is 472 g/mol. The molecule has 0 spiro atoms. The number of hydrogen-bond donors (Lipinski definition) is 2. The maximum absolute atomic E-state index is 12.8. The number of aromatic nitrogens is 4. The molecule has 1 aliphatic heterocycles. The van der Waals surface area contributed by atoms with E-state index < -0.39 is 35.1 Å². The average Bonchev–Trinajstić information content (AvgIpc) is 2.77. The molecule has 1 saturated heterocycles. The fourth-order valence-corrected chi connectivity index (χ4v) is 3.28. The van der Waals surface area contributed by atoms with Crippen LogP contribution in [-0.2, 0) is 23.7 Å². The molecule has 0 saturated carbocycles. The Morgan fingerprint density at radius 1 is 1.09 bits per heavy atom. The van der Waals surface area contributed by atoms with E-state index in [0.29, 0.717) is 44.6 Å². The molecule has 1 fully saturated rings. The van der Waals surface area contributed by atoms with Gasteiger partial charge < -0.3 is 15.1 Å². The number of H-pyrrole nitrogens is 1. The molecule has 3 heterocycles. The van der Waals surface area contributed by atoms with Gasteiger partial charge >= 0.3 is 12.4 Å². The van der Waals surface area contributed by atoms with Gasteiger partial charge in [-0.1, -0.05) is 0 Å². The molecule has 1 aliphatic rings. The highest BCUT2D eigenvalue weighted by Gasteiger charge is 2.34. The van der Waals surface area contributed by atoms with E-state index in [-0.39, 0.29) is 30.5 Å². The van der Waals surface area contributed by atoms with Crippen molar-refractivity contribution < 1.29 is 31.1 Å². The summed E-state index contributed by atoms with van der Waals surface area (Å²) in [7, 11) is 0. The highest BCUT2D eigenvalue weighted by Crippen LogP contribution is 2.28. The van der Waals surface area contributed by atoms with Gasteiger partial charge in [0.2, 0.25) is 11.9 Å². The van der Waals surface area contributed by atoms with E-state index in [9.17, 15) is 35.9 Å². The first-order valence-corrected chi connectivity index (χ1v) is 10.2. The van der Waals surface area contributed by atoms with Crippen LogP contribution in [0, 0.1) is 0 Å². The predicted molar refractivity (Wildman–Crippen MR) is 107 cm³/mol. The molecule has 1 atom stereocenters. The molecular formula is C19H21F6N7O2. The molecule has 15 heteroatoms. The summed E-state index contributed by atoms with van der Waals surface area (Å²) in [5.41, 5.74) is -3.66. The second kappa shape index (κ2) is 9.95. The largest absolute Gasteiger partial charge is 0.421 e. The number of carbonyl (C=O) groups excluding carboxylic acids is 1. The van der Waals surface area contributed by atoms with Crippen LogP contribution in [0.2, 0.25) is 0 Å². The monoisotopic (exact) mass is 493 g/mol. The summed E-state index contributed by atoms with van der Waals surface area (Å²) in [5, 5.41) is 8.28. The summed E-state index contributed by atoms with van der Waals surface area (Å²) in [6.07, 6.45) is -7.85. The smallest absolute Gasteiger partial charge is 0.339 e. The number of amides is 1. The minimum Gasteiger partial charge on any atom is -0.339 e. The molecule has 0 aromatic carbocycles. The number of halogens is 6. The number of nitrogens with zero attached hydrogens (tertiary/aromatic N) is 5. The van der Waals surface area contributed by atoms with Crippen molar-refractivity contribution in [2.75, 3.05) is 31.1 Å². The zero-order valence-corrected chi connectivity index (χ0v) is 17.9. The Morgan fingerprint density at radius 3 is 2.26 bits per heavy atom. The Labute approximate surface area is 189 Å². The summed E-state index contributed by atoms with van der Waals surface area (Å²) >= 11 is 0. The van der Waals surface area contributed by atoms with Gasteiger partial charge in [0.25, 0.3) is 5.56 Å². The summed E-state index contributed by atoms with van der Waals surface area (Å²) in [6, 6.07) is 0.259. The number of piperazine rings is 1. The zero-order chi connectivity index (χ0) is 25.1. The molecule has 1 unspecified atom stereocenters. The number of rotatable bonds is 6. The van der Waals surface area contributed by atoms with Crippen LogP contribution >= 0.6 is 0 Å². The SMILES string of the molecule is CC(CC(=O)N1CCN(c2ncc(C(F)(F)F)cn2)CC1)NCc1cc(C(F)(F)F)c(=O)[nH]n1. The van der Waals surface area contributed by atoms with E-state index in [4.69, 9.17) is 0 Å². The lowest BCUT2D eigenvalue weighted by Crippen LogP contribution is -2.50. The second-order valence-corrected chi connectivity index (χ2v) is 7.72. The summed E-state index contributed by atoms with van der Waals surface area (Å²) < 4.78 is 76.4. The third kappa shape index (κ3) is 6.42. The first kappa shape index (κ1) is 25.4. The van der Waals surface area contributed by atoms with Gasteiger partial charge in [-0.25, -0.2) is 15.1 Å². The van der Waals surface area contributed by atoms with Crippen LogP contribution in [0.4, 0.5) is 32.3 Å². The zero-order valence-electron chi connectivity index (χ0n) is 17.9. The van der Waals surface area contributed by atoms with Crippen molar-refractivity contribution in [1.82, 2.24) is 30.4 Å². The summed E-state index contributed by atoms with van der Waals surface area (Å²) in [5.74, 6) is -0.0554. The molecule has 34 heavy (non-hydrogen) atoms. The van der Waals surface area contributed by atoms with Gasteiger partial charge in [0, 0.05) is 57.6 Å². The maximum atomic E-state index is 12.8. The normalized spacial score (nSPS) is 16.0. The van der Waals surface area contributed by atoms with Crippen molar-refractivity contribution in [1.29, 1.82) is 0 Å². The molecule has 0 radical (unpaired) electrons. The van der Waals surface area contributed by atoms with E-state index in [1.807, 2.05) is 5.10 Å². The van der Waals surface area contributed by atoms with E-state index in [1.54, 1.807) is 16.7 Å². The van der Waals surface area contributed by atoms with Crippen molar-refractivity contribution in [3.8, 4) is 0 Å². The number of anilines is 1. The maximum Gasteiger partial charge on any atom is 0.421 e. The number of alkyl halides is 6.